The summed E-state index contributed by atoms with van der Waals surface area (Å²) in [6, 6.07) is 8.54. The number of benzene rings is 1. The largest absolute Gasteiger partial charge is 0.497 e. The first-order chi connectivity index (χ1) is 9.12. The zero-order valence-electron chi connectivity index (χ0n) is 14.4. The Hall–Kier alpha value is -0.980. The van der Waals surface area contributed by atoms with Crippen LogP contribution in [0.1, 0.15) is 59.9 Å². The Labute approximate surface area is 125 Å². The van der Waals surface area contributed by atoms with Crippen molar-refractivity contribution in [3.8, 4) is 5.75 Å². The van der Waals surface area contributed by atoms with Crippen molar-refractivity contribution in [3.63, 3.8) is 0 Å². The standard InChI is InChI=1S/C19H32O/c1-18(2,3)13-12-16(19(4,5)6)14-15-8-10-17(20-7)11-9-15/h8-11,16H,12-14H2,1-7H3/t16-/m0/s1. The molecule has 0 saturated carbocycles. The lowest BCUT2D eigenvalue weighted by atomic mass is 9.72. The third-order valence-corrected chi connectivity index (χ3v) is 4.11. The maximum atomic E-state index is 5.23. The minimum Gasteiger partial charge on any atom is -0.497 e. The number of methoxy groups -OCH3 is 1. The fourth-order valence-corrected chi connectivity index (χ4v) is 2.49. The van der Waals surface area contributed by atoms with Crippen LogP contribution in [-0.4, -0.2) is 7.11 Å². The zero-order chi connectivity index (χ0) is 15.4. The van der Waals surface area contributed by atoms with E-state index in [0.717, 1.165) is 18.1 Å². The highest BCUT2D eigenvalue weighted by molar-refractivity contribution is 5.27. The van der Waals surface area contributed by atoms with Gasteiger partial charge in [0.25, 0.3) is 0 Å². The minimum atomic E-state index is 0.352. The molecule has 0 amide bonds. The van der Waals surface area contributed by atoms with Gasteiger partial charge >= 0.3 is 0 Å². The van der Waals surface area contributed by atoms with Gasteiger partial charge in [-0.2, -0.15) is 0 Å². The number of rotatable bonds is 5. The van der Waals surface area contributed by atoms with Crippen LogP contribution in [0, 0.1) is 16.7 Å². The van der Waals surface area contributed by atoms with E-state index < -0.39 is 0 Å². The van der Waals surface area contributed by atoms with Crippen LogP contribution < -0.4 is 4.74 Å². The van der Waals surface area contributed by atoms with Crippen LogP contribution in [0.5, 0.6) is 5.75 Å². The third kappa shape index (κ3) is 5.98. The summed E-state index contributed by atoms with van der Waals surface area (Å²) >= 11 is 0. The van der Waals surface area contributed by atoms with Crippen LogP contribution in [0.25, 0.3) is 0 Å². The van der Waals surface area contributed by atoms with Gasteiger partial charge in [0.05, 0.1) is 7.11 Å². The van der Waals surface area contributed by atoms with E-state index in [1.165, 1.54) is 18.4 Å². The molecule has 1 atom stereocenters. The molecule has 20 heavy (non-hydrogen) atoms. The normalized spacial score (nSPS) is 14.2. The Morgan fingerprint density at radius 2 is 1.50 bits per heavy atom. The van der Waals surface area contributed by atoms with Gasteiger partial charge in [-0.15, -0.1) is 0 Å². The molecule has 0 N–H and O–H groups in total. The highest BCUT2D eigenvalue weighted by atomic mass is 16.5. The van der Waals surface area contributed by atoms with Gasteiger partial charge < -0.3 is 4.74 Å². The molecule has 0 spiro atoms. The Morgan fingerprint density at radius 3 is 1.90 bits per heavy atom. The van der Waals surface area contributed by atoms with Gasteiger partial charge in [-0.3, -0.25) is 0 Å². The van der Waals surface area contributed by atoms with Crippen molar-refractivity contribution in [2.24, 2.45) is 16.7 Å². The molecule has 0 bridgehead atoms. The van der Waals surface area contributed by atoms with Crippen LogP contribution >= 0.6 is 0 Å². The summed E-state index contributed by atoms with van der Waals surface area (Å²) in [5.74, 6) is 1.66. The Balaban J connectivity index is 2.73. The van der Waals surface area contributed by atoms with Gasteiger partial charge in [-0.1, -0.05) is 53.7 Å². The van der Waals surface area contributed by atoms with Crippen molar-refractivity contribution in [2.45, 2.75) is 60.8 Å². The smallest absolute Gasteiger partial charge is 0.118 e. The van der Waals surface area contributed by atoms with Crippen molar-refractivity contribution in [1.29, 1.82) is 0 Å². The Kier molecular flexibility index (Phi) is 5.68. The summed E-state index contributed by atoms with van der Waals surface area (Å²) < 4.78 is 5.23. The van der Waals surface area contributed by atoms with Crippen molar-refractivity contribution < 1.29 is 4.74 Å². The van der Waals surface area contributed by atoms with Crippen LogP contribution in [0.15, 0.2) is 24.3 Å². The van der Waals surface area contributed by atoms with Crippen molar-refractivity contribution in [2.75, 3.05) is 7.11 Å². The average Bonchev–Trinajstić information content (AvgIpc) is 2.32. The number of hydrogen-bond donors (Lipinski definition) is 0. The second-order valence-corrected chi connectivity index (χ2v) is 8.21. The molecule has 0 aliphatic carbocycles. The molecule has 114 valence electrons. The lowest BCUT2D eigenvalue weighted by Gasteiger charge is -2.33. The lowest BCUT2D eigenvalue weighted by molar-refractivity contribution is 0.195. The van der Waals surface area contributed by atoms with Crippen LogP contribution in [0.3, 0.4) is 0 Å². The first-order valence-electron chi connectivity index (χ1n) is 7.75. The molecular weight excluding hydrogens is 244 g/mol. The Bertz CT molecular complexity index is 389. The summed E-state index contributed by atoms with van der Waals surface area (Å²) in [6.45, 7) is 14.1. The number of hydrogen-bond acceptors (Lipinski definition) is 1. The highest BCUT2D eigenvalue weighted by Crippen LogP contribution is 2.36. The van der Waals surface area contributed by atoms with E-state index in [1.807, 2.05) is 0 Å². The van der Waals surface area contributed by atoms with Gasteiger partial charge in [0.15, 0.2) is 0 Å². The quantitative estimate of drug-likeness (QED) is 0.667. The average molecular weight is 276 g/mol. The van der Waals surface area contributed by atoms with Gasteiger partial charge in [0.1, 0.15) is 5.75 Å². The molecule has 0 fully saturated rings. The molecule has 0 aliphatic rings. The van der Waals surface area contributed by atoms with Crippen molar-refractivity contribution >= 4 is 0 Å². The molecule has 1 heteroatoms. The fourth-order valence-electron chi connectivity index (χ4n) is 2.49. The first-order valence-corrected chi connectivity index (χ1v) is 7.75. The van der Waals surface area contributed by atoms with Crippen molar-refractivity contribution in [1.82, 2.24) is 0 Å². The van der Waals surface area contributed by atoms with E-state index in [-0.39, 0.29) is 0 Å². The summed E-state index contributed by atoms with van der Waals surface area (Å²) in [5.41, 5.74) is 2.19. The second-order valence-electron chi connectivity index (χ2n) is 8.21. The van der Waals surface area contributed by atoms with Crippen LogP contribution in [0.4, 0.5) is 0 Å². The molecule has 1 nitrogen and oxygen atoms in total. The van der Waals surface area contributed by atoms with Gasteiger partial charge in [-0.05, 0) is 53.7 Å². The topological polar surface area (TPSA) is 9.23 Å². The monoisotopic (exact) mass is 276 g/mol. The Morgan fingerprint density at radius 1 is 0.950 bits per heavy atom. The van der Waals surface area contributed by atoms with E-state index >= 15 is 0 Å². The van der Waals surface area contributed by atoms with E-state index in [0.29, 0.717) is 10.8 Å². The van der Waals surface area contributed by atoms with Crippen LogP contribution in [-0.2, 0) is 6.42 Å². The highest BCUT2D eigenvalue weighted by Gasteiger charge is 2.26. The number of ether oxygens (including phenoxy) is 1. The summed E-state index contributed by atoms with van der Waals surface area (Å²) in [6.07, 6.45) is 3.73. The molecule has 0 saturated heterocycles. The second kappa shape index (κ2) is 6.65. The third-order valence-electron chi connectivity index (χ3n) is 4.11. The van der Waals surface area contributed by atoms with Gasteiger partial charge in [0, 0.05) is 0 Å². The lowest BCUT2D eigenvalue weighted by Crippen LogP contribution is -2.24. The minimum absolute atomic E-state index is 0.352. The molecule has 0 radical (unpaired) electrons. The van der Waals surface area contributed by atoms with Gasteiger partial charge in [-0.25, -0.2) is 0 Å². The predicted molar refractivity (Wildman–Crippen MR) is 88.3 cm³/mol. The van der Waals surface area contributed by atoms with E-state index in [9.17, 15) is 0 Å². The van der Waals surface area contributed by atoms with Crippen molar-refractivity contribution in [3.05, 3.63) is 29.8 Å². The molecule has 0 aromatic heterocycles. The molecule has 0 unspecified atom stereocenters. The molecule has 1 rings (SSSR count). The molecule has 0 aliphatic heterocycles. The SMILES string of the molecule is COc1ccc(C[C@H](CCC(C)(C)C)C(C)(C)C)cc1. The van der Waals surface area contributed by atoms with Gasteiger partial charge in [0.2, 0.25) is 0 Å². The maximum absolute atomic E-state index is 5.23. The van der Waals surface area contributed by atoms with E-state index in [4.69, 9.17) is 4.74 Å². The summed E-state index contributed by atoms with van der Waals surface area (Å²) in [5, 5.41) is 0. The molecule has 1 aromatic carbocycles. The van der Waals surface area contributed by atoms with E-state index in [2.05, 4.69) is 65.8 Å². The molecule has 0 heterocycles. The molecule has 1 aromatic rings. The summed E-state index contributed by atoms with van der Waals surface area (Å²) in [7, 11) is 1.72. The molecular formula is C19H32O. The first kappa shape index (κ1) is 17.1. The van der Waals surface area contributed by atoms with E-state index in [1.54, 1.807) is 7.11 Å². The fraction of sp³-hybridized carbons (Fsp3) is 0.684. The predicted octanol–water partition coefficient (Wildman–Crippen LogP) is 5.73. The van der Waals surface area contributed by atoms with Crippen LogP contribution in [0.2, 0.25) is 0 Å². The zero-order valence-corrected chi connectivity index (χ0v) is 14.4. The summed E-state index contributed by atoms with van der Waals surface area (Å²) in [4.78, 5) is 0. The maximum Gasteiger partial charge on any atom is 0.118 e.